The molecule has 0 saturated heterocycles. The van der Waals surface area contributed by atoms with E-state index in [1.165, 1.54) is 6.20 Å². The smallest absolute Gasteiger partial charge is 0.394 e. The lowest BCUT2D eigenvalue weighted by Crippen LogP contribution is -2.40. The van der Waals surface area contributed by atoms with Crippen molar-refractivity contribution in [2.75, 3.05) is 6.61 Å². The minimum Gasteiger partial charge on any atom is -0.394 e. The van der Waals surface area contributed by atoms with Gasteiger partial charge in [0.2, 0.25) is 0 Å². The minimum absolute atomic E-state index is 0.0935. The van der Waals surface area contributed by atoms with Gasteiger partial charge < -0.3 is 15.4 Å². The predicted octanol–water partition coefficient (Wildman–Crippen LogP) is 4.95. The summed E-state index contributed by atoms with van der Waals surface area (Å²) in [6, 6.07) is 14.2. The molecule has 1 aliphatic carbocycles. The SMILES string of the molecule is C[C@](N)(CO)CCc1ccc2c(c1)CCc1c-2noc1-c1cnn(-c2ccccc2)c1C(F)(F)F. The quantitative estimate of drug-likeness (QED) is 0.406. The van der Waals surface area contributed by atoms with E-state index < -0.39 is 17.4 Å². The Bertz CT molecular complexity index is 1360. The van der Waals surface area contributed by atoms with Crippen molar-refractivity contribution in [1.29, 1.82) is 0 Å². The van der Waals surface area contributed by atoms with Gasteiger partial charge in [-0.1, -0.05) is 41.6 Å². The summed E-state index contributed by atoms with van der Waals surface area (Å²) in [5.41, 5.74) is 8.91. The van der Waals surface area contributed by atoms with E-state index in [1.807, 2.05) is 19.1 Å². The predicted molar refractivity (Wildman–Crippen MR) is 125 cm³/mol. The molecule has 1 atom stereocenters. The summed E-state index contributed by atoms with van der Waals surface area (Å²) in [6.07, 6.45) is -0.949. The highest BCUT2D eigenvalue weighted by molar-refractivity contribution is 5.77. The monoisotopic (exact) mass is 482 g/mol. The minimum atomic E-state index is -4.64. The van der Waals surface area contributed by atoms with Gasteiger partial charge >= 0.3 is 6.18 Å². The van der Waals surface area contributed by atoms with E-state index in [0.717, 1.165) is 21.4 Å². The van der Waals surface area contributed by atoms with E-state index in [9.17, 15) is 18.3 Å². The fraction of sp³-hybridized carbons (Fsp3) is 0.308. The van der Waals surface area contributed by atoms with E-state index in [-0.39, 0.29) is 17.9 Å². The van der Waals surface area contributed by atoms with Crippen molar-refractivity contribution >= 4 is 0 Å². The molecule has 0 fully saturated rings. The molecule has 9 heteroatoms. The molecule has 0 saturated carbocycles. The van der Waals surface area contributed by atoms with Crippen molar-refractivity contribution in [2.45, 2.75) is 44.3 Å². The van der Waals surface area contributed by atoms with Gasteiger partial charge in [-0.05, 0) is 55.9 Å². The maximum atomic E-state index is 14.2. The molecule has 182 valence electrons. The van der Waals surface area contributed by atoms with Crippen LogP contribution in [0.3, 0.4) is 0 Å². The van der Waals surface area contributed by atoms with Gasteiger partial charge in [0.15, 0.2) is 11.5 Å². The van der Waals surface area contributed by atoms with Crippen molar-refractivity contribution in [3.8, 4) is 28.3 Å². The number of para-hydroxylation sites is 1. The zero-order chi connectivity index (χ0) is 24.8. The second-order valence-corrected chi connectivity index (χ2v) is 9.29. The number of halogens is 3. The van der Waals surface area contributed by atoms with Crippen LogP contribution in [0.1, 0.15) is 35.7 Å². The topological polar surface area (TPSA) is 90.1 Å². The van der Waals surface area contributed by atoms with Crippen molar-refractivity contribution in [3.63, 3.8) is 0 Å². The van der Waals surface area contributed by atoms with Crippen LogP contribution < -0.4 is 5.73 Å². The Labute approximate surface area is 200 Å². The Morgan fingerprint density at radius 3 is 2.57 bits per heavy atom. The van der Waals surface area contributed by atoms with Crippen molar-refractivity contribution in [1.82, 2.24) is 14.9 Å². The average Bonchev–Trinajstić information content (AvgIpc) is 3.47. The maximum Gasteiger partial charge on any atom is 0.434 e. The maximum absolute atomic E-state index is 14.2. The fourth-order valence-corrected chi connectivity index (χ4v) is 4.53. The first-order valence-electron chi connectivity index (χ1n) is 11.4. The number of nitrogens with zero attached hydrogens (tertiary/aromatic N) is 3. The lowest BCUT2D eigenvalue weighted by atomic mass is 9.86. The number of benzene rings is 2. The highest BCUT2D eigenvalue weighted by Gasteiger charge is 2.41. The van der Waals surface area contributed by atoms with Crippen molar-refractivity contribution in [2.24, 2.45) is 5.73 Å². The third-order valence-corrected chi connectivity index (χ3v) is 6.49. The molecule has 0 unspecified atom stereocenters. The lowest BCUT2D eigenvalue weighted by Gasteiger charge is -2.22. The number of aromatic nitrogens is 3. The van der Waals surface area contributed by atoms with Crippen LogP contribution >= 0.6 is 0 Å². The standard InChI is InChI=1S/C26H25F3N4O2/c1-25(30,15-34)12-11-16-7-9-19-17(13-16)8-10-20-22(19)32-35-23(20)21-14-31-33(24(21)26(27,28)29)18-5-3-2-4-6-18/h2-7,9,13-14,34H,8,10-12,15,30H2,1H3/t25-/m1/s1. The van der Waals surface area contributed by atoms with E-state index in [4.69, 9.17) is 10.3 Å². The van der Waals surface area contributed by atoms with Crippen LogP contribution in [0.2, 0.25) is 0 Å². The summed E-state index contributed by atoms with van der Waals surface area (Å²) in [5.74, 6) is 0.103. The molecule has 0 spiro atoms. The van der Waals surface area contributed by atoms with Gasteiger partial charge in [0.05, 0.1) is 24.1 Å². The van der Waals surface area contributed by atoms with Gasteiger partial charge in [-0.2, -0.15) is 18.3 Å². The number of rotatable bonds is 6. The third-order valence-electron chi connectivity index (χ3n) is 6.49. The van der Waals surface area contributed by atoms with Crippen molar-refractivity contribution in [3.05, 3.63) is 77.1 Å². The van der Waals surface area contributed by atoms with E-state index in [1.54, 1.807) is 30.3 Å². The number of hydrogen-bond donors (Lipinski definition) is 2. The van der Waals surface area contributed by atoms with Crippen LogP contribution in [0.15, 0.2) is 59.3 Å². The molecule has 6 nitrogen and oxygen atoms in total. The molecule has 2 heterocycles. The fourth-order valence-electron chi connectivity index (χ4n) is 4.53. The van der Waals surface area contributed by atoms with Gasteiger partial charge in [0, 0.05) is 16.7 Å². The number of aryl methyl sites for hydroxylation is 2. The molecular weight excluding hydrogens is 457 g/mol. The second-order valence-electron chi connectivity index (χ2n) is 9.29. The third kappa shape index (κ3) is 4.37. The molecule has 0 amide bonds. The largest absolute Gasteiger partial charge is 0.434 e. The van der Waals surface area contributed by atoms with Crippen LogP contribution in [-0.2, 0) is 25.4 Å². The first-order valence-corrected chi connectivity index (χ1v) is 11.4. The Kier molecular flexibility index (Phi) is 5.77. The molecule has 35 heavy (non-hydrogen) atoms. The van der Waals surface area contributed by atoms with Gasteiger partial charge in [0.25, 0.3) is 0 Å². The van der Waals surface area contributed by atoms with Gasteiger partial charge in [-0.3, -0.25) is 0 Å². The molecule has 5 rings (SSSR count). The van der Waals surface area contributed by atoms with Gasteiger partial charge in [-0.25, -0.2) is 4.68 Å². The summed E-state index contributed by atoms with van der Waals surface area (Å²) < 4.78 is 48.9. The first-order chi connectivity index (χ1) is 16.7. The summed E-state index contributed by atoms with van der Waals surface area (Å²) in [5, 5.41) is 17.6. The Hall–Kier alpha value is -3.43. The lowest BCUT2D eigenvalue weighted by molar-refractivity contribution is -0.142. The van der Waals surface area contributed by atoms with Crippen LogP contribution in [0, 0.1) is 0 Å². The number of alkyl halides is 3. The Morgan fingerprint density at radius 1 is 1.09 bits per heavy atom. The highest BCUT2D eigenvalue weighted by atomic mass is 19.4. The Balaban J connectivity index is 1.52. The number of aliphatic hydroxyl groups is 1. The zero-order valence-electron chi connectivity index (χ0n) is 19.1. The van der Waals surface area contributed by atoms with Crippen LogP contribution in [0.5, 0.6) is 0 Å². The number of aliphatic hydroxyl groups excluding tert-OH is 1. The van der Waals surface area contributed by atoms with Gasteiger partial charge in [0.1, 0.15) is 5.69 Å². The molecule has 2 aromatic carbocycles. The van der Waals surface area contributed by atoms with E-state index >= 15 is 0 Å². The summed E-state index contributed by atoms with van der Waals surface area (Å²) >= 11 is 0. The molecule has 4 aromatic rings. The molecule has 0 aliphatic heterocycles. The average molecular weight is 483 g/mol. The molecule has 2 aromatic heterocycles. The molecule has 1 aliphatic rings. The Morgan fingerprint density at radius 2 is 1.86 bits per heavy atom. The zero-order valence-corrected chi connectivity index (χ0v) is 19.1. The van der Waals surface area contributed by atoms with Crippen LogP contribution in [0.4, 0.5) is 13.2 Å². The summed E-state index contributed by atoms with van der Waals surface area (Å²) in [7, 11) is 0. The number of fused-ring (bicyclic) bond motifs is 3. The second kappa shape index (κ2) is 8.66. The normalized spacial score (nSPS) is 14.9. The molecule has 3 N–H and O–H groups in total. The van der Waals surface area contributed by atoms with E-state index in [0.29, 0.717) is 42.6 Å². The van der Waals surface area contributed by atoms with E-state index in [2.05, 4.69) is 16.3 Å². The van der Waals surface area contributed by atoms with Crippen LogP contribution in [0.25, 0.3) is 28.3 Å². The summed E-state index contributed by atoms with van der Waals surface area (Å²) in [6.45, 7) is 1.72. The van der Waals surface area contributed by atoms with Crippen molar-refractivity contribution < 1.29 is 22.8 Å². The van der Waals surface area contributed by atoms with Crippen LogP contribution in [-0.4, -0.2) is 32.2 Å². The highest BCUT2D eigenvalue weighted by Crippen LogP contribution is 2.44. The molecule has 0 bridgehead atoms. The number of hydrogen-bond acceptors (Lipinski definition) is 5. The first kappa shape index (κ1) is 23.3. The molecule has 0 radical (unpaired) electrons. The number of nitrogens with two attached hydrogens (primary N) is 1. The summed E-state index contributed by atoms with van der Waals surface area (Å²) in [4.78, 5) is 0. The van der Waals surface area contributed by atoms with Gasteiger partial charge in [-0.15, -0.1) is 0 Å². The molecular formula is C26H25F3N4O2.